The number of hydrogen-bond acceptors (Lipinski definition) is 4. The highest BCUT2D eigenvalue weighted by Gasteiger charge is 2.26. The number of aromatic nitrogens is 2. The van der Waals surface area contributed by atoms with Crippen LogP contribution in [-0.2, 0) is 12.8 Å². The molecule has 1 aliphatic heterocycles. The average molecular weight is 319 g/mol. The summed E-state index contributed by atoms with van der Waals surface area (Å²) in [7, 11) is 1.96. The number of imidazole rings is 1. The van der Waals surface area contributed by atoms with Crippen molar-refractivity contribution < 1.29 is 9.21 Å². The van der Waals surface area contributed by atoms with Gasteiger partial charge in [-0.05, 0) is 38.3 Å². The summed E-state index contributed by atoms with van der Waals surface area (Å²) in [6.45, 7) is 2.94. The molecule has 0 unspecified atom stereocenters. The second-order valence-corrected chi connectivity index (χ2v) is 6.66. The first-order chi connectivity index (χ1) is 10.6. The van der Waals surface area contributed by atoms with Gasteiger partial charge in [0.25, 0.3) is 5.91 Å². The lowest BCUT2D eigenvalue weighted by molar-refractivity contribution is 0.0601. The van der Waals surface area contributed by atoms with Gasteiger partial charge >= 0.3 is 0 Å². The highest BCUT2D eigenvalue weighted by molar-refractivity contribution is 7.98. The lowest BCUT2D eigenvalue weighted by Crippen LogP contribution is -2.41. The molecule has 1 aliphatic rings. The third-order valence-electron chi connectivity index (χ3n) is 4.06. The molecule has 2 aromatic rings. The first-order valence-electron chi connectivity index (χ1n) is 7.65. The third-order valence-corrected chi connectivity index (χ3v) is 5.14. The number of hydrogen-bond donors (Lipinski definition) is 0. The van der Waals surface area contributed by atoms with Crippen molar-refractivity contribution in [1.29, 1.82) is 0 Å². The van der Waals surface area contributed by atoms with E-state index in [9.17, 15) is 4.79 Å². The molecule has 6 heteroatoms. The summed E-state index contributed by atoms with van der Waals surface area (Å²) in [4.78, 5) is 18.7. The molecule has 0 radical (unpaired) electrons. The minimum absolute atomic E-state index is 0.0143. The number of thioether (sulfide) groups is 1. The number of rotatable bonds is 4. The van der Waals surface area contributed by atoms with Crippen molar-refractivity contribution >= 4 is 17.7 Å². The number of nitrogens with zero attached hydrogens (tertiary/aromatic N) is 3. The van der Waals surface area contributed by atoms with Gasteiger partial charge in [0.1, 0.15) is 5.76 Å². The molecule has 118 valence electrons. The van der Waals surface area contributed by atoms with Crippen molar-refractivity contribution in [2.45, 2.75) is 43.1 Å². The summed E-state index contributed by atoms with van der Waals surface area (Å²) in [5.74, 6) is 1.94. The van der Waals surface area contributed by atoms with Crippen LogP contribution in [0.15, 0.2) is 34.1 Å². The van der Waals surface area contributed by atoms with E-state index in [-0.39, 0.29) is 5.91 Å². The van der Waals surface area contributed by atoms with Gasteiger partial charge in [0, 0.05) is 32.0 Å². The van der Waals surface area contributed by atoms with E-state index in [1.54, 1.807) is 24.0 Å². The Morgan fingerprint density at radius 1 is 1.45 bits per heavy atom. The Hall–Kier alpha value is -1.69. The molecule has 3 rings (SSSR count). The highest BCUT2D eigenvalue weighted by Crippen LogP contribution is 2.24. The van der Waals surface area contributed by atoms with Crippen LogP contribution in [0.4, 0.5) is 0 Å². The molecular formula is C16H21N3O2S. The van der Waals surface area contributed by atoms with Gasteiger partial charge in [-0.1, -0.05) is 11.8 Å². The molecule has 0 N–H and O–H groups in total. The predicted octanol–water partition coefficient (Wildman–Crippen LogP) is 3.32. The summed E-state index contributed by atoms with van der Waals surface area (Å²) >= 11 is 1.60. The summed E-state index contributed by atoms with van der Waals surface area (Å²) in [5.41, 5.74) is 0. The van der Waals surface area contributed by atoms with Crippen molar-refractivity contribution in [3.05, 3.63) is 36.0 Å². The number of likely N-dealkylation sites (tertiary alicyclic amines) is 1. The molecule has 0 aliphatic carbocycles. The zero-order valence-electron chi connectivity index (χ0n) is 13.0. The minimum Gasteiger partial charge on any atom is -0.455 e. The monoisotopic (exact) mass is 319 g/mol. The summed E-state index contributed by atoms with van der Waals surface area (Å²) in [5, 5.41) is 0.939. The van der Waals surface area contributed by atoms with Crippen molar-refractivity contribution in [3.8, 4) is 0 Å². The van der Waals surface area contributed by atoms with E-state index in [1.165, 1.54) is 6.42 Å². The largest absolute Gasteiger partial charge is 0.455 e. The van der Waals surface area contributed by atoms with Crippen LogP contribution in [0.5, 0.6) is 0 Å². The number of furan rings is 1. The first-order valence-corrected chi connectivity index (χ1v) is 8.63. The number of piperidine rings is 1. The molecule has 0 saturated carbocycles. The van der Waals surface area contributed by atoms with Crippen molar-refractivity contribution in [3.63, 3.8) is 0 Å². The molecule has 1 atom stereocenters. The summed E-state index contributed by atoms with van der Waals surface area (Å²) < 4.78 is 7.70. The van der Waals surface area contributed by atoms with E-state index < -0.39 is 0 Å². The van der Waals surface area contributed by atoms with Crippen LogP contribution in [0, 0.1) is 0 Å². The zero-order chi connectivity index (χ0) is 15.5. The van der Waals surface area contributed by atoms with E-state index >= 15 is 0 Å². The second kappa shape index (κ2) is 6.60. The Bertz CT molecular complexity index is 649. The van der Waals surface area contributed by atoms with Gasteiger partial charge in [-0.3, -0.25) is 4.79 Å². The quantitative estimate of drug-likeness (QED) is 0.811. The van der Waals surface area contributed by atoms with Gasteiger partial charge in [-0.2, -0.15) is 0 Å². The van der Waals surface area contributed by atoms with Gasteiger partial charge < -0.3 is 13.9 Å². The fourth-order valence-corrected chi connectivity index (χ4v) is 3.56. The Balaban J connectivity index is 1.63. The number of carbonyl (C=O) groups is 1. The van der Waals surface area contributed by atoms with Crippen molar-refractivity contribution in [2.75, 3.05) is 6.54 Å². The normalized spacial score (nSPS) is 18.6. The molecule has 5 nitrogen and oxygen atoms in total. The molecule has 2 aromatic heterocycles. The molecule has 22 heavy (non-hydrogen) atoms. The highest BCUT2D eigenvalue weighted by atomic mass is 32.2. The first kappa shape index (κ1) is 15.2. The molecule has 0 aromatic carbocycles. The number of aryl methyl sites for hydroxylation is 1. The van der Waals surface area contributed by atoms with Crippen LogP contribution in [0.2, 0.25) is 0 Å². The Labute approximate surface area is 134 Å². The van der Waals surface area contributed by atoms with Gasteiger partial charge in [-0.15, -0.1) is 0 Å². The summed E-state index contributed by atoms with van der Waals surface area (Å²) in [6, 6.07) is 3.98. The average Bonchev–Trinajstić information content (AvgIpc) is 3.14. The Morgan fingerprint density at radius 3 is 3.05 bits per heavy atom. The molecular weight excluding hydrogens is 298 g/mol. The maximum atomic E-state index is 12.5. The third kappa shape index (κ3) is 3.21. The Kier molecular flexibility index (Phi) is 4.57. The Morgan fingerprint density at radius 2 is 2.32 bits per heavy atom. The lowest BCUT2D eigenvalue weighted by atomic mass is 10.0. The topological polar surface area (TPSA) is 51.3 Å². The van der Waals surface area contributed by atoms with E-state index in [0.29, 0.717) is 17.6 Å². The van der Waals surface area contributed by atoms with Gasteiger partial charge in [0.2, 0.25) is 0 Å². The molecule has 0 bridgehead atoms. The fraction of sp³-hybridized carbons (Fsp3) is 0.500. The zero-order valence-corrected chi connectivity index (χ0v) is 13.8. The van der Waals surface area contributed by atoms with Crippen LogP contribution >= 0.6 is 11.8 Å². The maximum absolute atomic E-state index is 12.5. The SMILES string of the molecule is C[C@H]1CCCCN1C(=O)c1ccc(CSc2nccn2C)o1. The van der Waals surface area contributed by atoms with Crippen LogP contribution in [0.25, 0.3) is 0 Å². The van der Waals surface area contributed by atoms with Gasteiger partial charge in [-0.25, -0.2) is 4.98 Å². The van der Waals surface area contributed by atoms with Crippen LogP contribution in [0.1, 0.15) is 42.5 Å². The predicted molar refractivity (Wildman–Crippen MR) is 85.8 cm³/mol. The molecule has 3 heterocycles. The van der Waals surface area contributed by atoms with Gasteiger partial charge in [0.05, 0.1) is 5.75 Å². The smallest absolute Gasteiger partial charge is 0.289 e. The molecule has 0 spiro atoms. The van der Waals surface area contributed by atoms with Crippen molar-refractivity contribution in [1.82, 2.24) is 14.5 Å². The lowest BCUT2D eigenvalue weighted by Gasteiger charge is -2.32. The molecule has 1 saturated heterocycles. The second-order valence-electron chi connectivity index (χ2n) is 5.72. The van der Waals surface area contributed by atoms with Crippen LogP contribution in [-0.4, -0.2) is 32.9 Å². The van der Waals surface area contributed by atoms with Crippen molar-refractivity contribution in [2.24, 2.45) is 7.05 Å². The fourth-order valence-electron chi connectivity index (χ4n) is 2.74. The van der Waals surface area contributed by atoms with Crippen LogP contribution in [0.3, 0.4) is 0 Å². The van der Waals surface area contributed by atoms with E-state index in [1.807, 2.05) is 28.8 Å². The molecule has 1 amide bonds. The minimum atomic E-state index is 0.0143. The maximum Gasteiger partial charge on any atom is 0.289 e. The number of carbonyl (C=O) groups excluding carboxylic acids is 1. The van der Waals surface area contributed by atoms with E-state index in [2.05, 4.69) is 11.9 Å². The number of amides is 1. The van der Waals surface area contributed by atoms with Gasteiger partial charge in [0.15, 0.2) is 10.9 Å². The standard InChI is InChI=1S/C16H21N3O2S/c1-12-5-3-4-9-19(12)15(20)14-7-6-13(21-14)11-22-16-17-8-10-18(16)2/h6-8,10,12H,3-5,9,11H2,1-2H3/t12-/m0/s1. The van der Waals surface area contributed by atoms with E-state index in [0.717, 1.165) is 30.3 Å². The van der Waals surface area contributed by atoms with Crippen LogP contribution < -0.4 is 0 Å². The molecule has 1 fully saturated rings. The summed E-state index contributed by atoms with van der Waals surface area (Å²) in [6.07, 6.45) is 7.05. The van der Waals surface area contributed by atoms with E-state index in [4.69, 9.17) is 4.42 Å².